The van der Waals surface area contributed by atoms with Crippen molar-refractivity contribution in [2.75, 3.05) is 13.7 Å². The lowest BCUT2D eigenvalue weighted by Crippen LogP contribution is -2.45. The number of alkyl carbamates (subject to hydrolysis) is 1. The van der Waals surface area contributed by atoms with Crippen LogP contribution >= 0.6 is 0 Å². The van der Waals surface area contributed by atoms with Crippen molar-refractivity contribution in [3.8, 4) is 0 Å². The SMILES string of the molecule is COC(=O)C(CCO[Si](C)(C)C(C)(C)C)NC(=O)OCc1ccccc1. The number of carbonyl (C=O) groups is 2. The summed E-state index contributed by atoms with van der Waals surface area (Å²) in [6.07, 6.45) is -0.323. The van der Waals surface area contributed by atoms with Gasteiger partial charge in [-0.05, 0) is 23.7 Å². The lowest BCUT2D eigenvalue weighted by atomic mass is 10.2. The Morgan fingerprint density at radius 2 is 1.77 bits per heavy atom. The molecule has 1 rings (SSSR count). The van der Waals surface area contributed by atoms with E-state index >= 15 is 0 Å². The van der Waals surface area contributed by atoms with E-state index in [1.165, 1.54) is 7.11 Å². The van der Waals surface area contributed by atoms with Gasteiger partial charge in [0.2, 0.25) is 0 Å². The lowest BCUT2D eigenvalue weighted by molar-refractivity contribution is -0.143. The number of ether oxygens (including phenoxy) is 2. The van der Waals surface area contributed by atoms with E-state index in [2.05, 4.69) is 39.2 Å². The molecule has 1 unspecified atom stereocenters. The standard InChI is InChI=1S/C19H31NO5Si/c1-19(2,3)26(5,6)25-13-12-16(17(21)23-4)20-18(22)24-14-15-10-8-7-9-11-15/h7-11,16H,12-14H2,1-6H3,(H,20,22). The minimum absolute atomic E-state index is 0.0792. The van der Waals surface area contributed by atoms with Gasteiger partial charge < -0.3 is 19.2 Å². The lowest BCUT2D eigenvalue weighted by Gasteiger charge is -2.36. The molecule has 6 nitrogen and oxygen atoms in total. The van der Waals surface area contributed by atoms with Crippen LogP contribution in [0.15, 0.2) is 30.3 Å². The first kappa shape index (κ1) is 22.2. The molecule has 146 valence electrons. The van der Waals surface area contributed by atoms with Gasteiger partial charge in [-0.15, -0.1) is 0 Å². The van der Waals surface area contributed by atoms with E-state index in [1.54, 1.807) is 0 Å². The molecule has 0 fully saturated rings. The average Bonchev–Trinajstić information content (AvgIpc) is 2.58. The number of amides is 1. The zero-order chi connectivity index (χ0) is 19.8. The predicted molar refractivity (Wildman–Crippen MR) is 103 cm³/mol. The van der Waals surface area contributed by atoms with Crippen LogP contribution in [0, 0.1) is 0 Å². The molecule has 0 heterocycles. The van der Waals surface area contributed by atoms with Crippen molar-refractivity contribution in [2.45, 2.75) is 58.0 Å². The molecule has 0 bridgehead atoms. The first-order chi connectivity index (χ1) is 12.1. The molecule has 0 radical (unpaired) electrons. The van der Waals surface area contributed by atoms with Gasteiger partial charge in [-0.1, -0.05) is 51.1 Å². The molecule has 0 aliphatic heterocycles. The molecule has 0 saturated heterocycles. The highest BCUT2D eigenvalue weighted by Gasteiger charge is 2.37. The molecule has 1 aromatic carbocycles. The van der Waals surface area contributed by atoms with E-state index in [-0.39, 0.29) is 11.6 Å². The quantitative estimate of drug-likeness (QED) is 0.547. The fourth-order valence-electron chi connectivity index (χ4n) is 1.95. The highest BCUT2D eigenvalue weighted by Crippen LogP contribution is 2.36. The topological polar surface area (TPSA) is 73.9 Å². The van der Waals surface area contributed by atoms with Crippen LogP contribution in [-0.2, 0) is 25.3 Å². The van der Waals surface area contributed by atoms with E-state index in [9.17, 15) is 9.59 Å². The zero-order valence-corrected chi connectivity index (χ0v) is 17.6. The summed E-state index contributed by atoms with van der Waals surface area (Å²) in [4.78, 5) is 23.9. The number of hydrogen-bond donors (Lipinski definition) is 1. The smallest absolute Gasteiger partial charge is 0.408 e. The zero-order valence-electron chi connectivity index (χ0n) is 16.6. The Labute approximate surface area is 157 Å². The normalized spacial score (nSPS) is 13.0. The van der Waals surface area contributed by atoms with Crippen LogP contribution in [0.4, 0.5) is 4.79 Å². The van der Waals surface area contributed by atoms with Gasteiger partial charge in [0, 0.05) is 13.0 Å². The maximum atomic E-state index is 12.0. The Morgan fingerprint density at radius 3 is 2.31 bits per heavy atom. The highest BCUT2D eigenvalue weighted by molar-refractivity contribution is 6.74. The van der Waals surface area contributed by atoms with Gasteiger partial charge in [-0.25, -0.2) is 9.59 Å². The summed E-state index contributed by atoms with van der Waals surface area (Å²) >= 11 is 0. The van der Waals surface area contributed by atoms with Crippen LogP contribution < -0.4 is 5.32 Å². The maximum Gasteiger partial charge on any atom is 0.408 e. The molecule has 1 N–H and O–H groups in total. The number of rotatable bonds is 8. The molecular formula is C19H31NO5Si. The molecule has 7 heteroatoms. The van der Waals surface area contributed by atoms with Crippen LogP contribution in [0.5, 0.6) is 0 Å². The second-order valence-corrected chi connectivity index (χ2v) is 12.5. The molecule has 0 aliphatic rings. The number of methoxy groups -OCH3 is 1. The van der Waals surface area contributed by atoms with Crippen molar-refractivity contribution in [3.05, 3.63) is 35.9 Å². The molecule has 1 aromatic rings. The van der Waals surface area contributed by atoms with Gasteiger partial charge in [0.05, 0.1) is 7.11 Å². The average molecular weight is 382 g/mol. The summed E-state index contributed by atoms with van der Waals surface area (Å²) in [5, 5.41) is 2.64. The van der Waals surface area contributed by atoms with Gasteiger partial charge in [0.1, 0.15) is 12.6 Å². The van der Waals surface area contributed by atoms with Crippen molar-refractivity contribution in [1.82, 2.24) is 5.32 Å². The monoisotopic (exact) mass is 381 g/mol. The summed E-state index contributed by atoms with van der Waals surface area (Å²) in [5.74, 6) is -0.513. The van der Waals surface area contributed by atoms with Crippen molar-refractivity contribution in [1.29, 1.82) is 0 Å². The van der Waals surface area contributed by atoms with Crippen molar-refractivity contribution < 1.29 is 23.5 Å². The minimum atomic E-state index is -1.91. The third kappa shape index (κ3) is 7.17. The van der Waals surface area contributed by atoms with E-state index in [1.807, 2.05) is 30.3 Å². The van der Waals surface area contributed by atoms with Crippen LogP contribution in [0.2, 0.25) is 18.1 Å². The summed E-state index contributed by atoms with van der Waals surface area (Å²) in [6, 6.07) is 8.54. The van der Waals surface area contributed by atoms with Crippen LogP contribution in [0.3, 0.4) is 0 Å². The molecule has 1 amide bonds. The summed E-state index contributed by atoms with van der Waals surface area (Å²) in [5.41, 5.74) is 0.874. The molecule has 0 spiro atoms. The van der Waals surface area contributed by atoms with Gasteiger partial charge in [0.25, 0.3) is 0 Å². The molecule has 0 aromatic heterocycles. The van der Waals surface area contributed by atoms with Crippen molar-refractivity contribution >= 4 is 20.4 Å². The number of carbonyl (C=O) groups excluding carboxylic acids is 2. The Kier molecular flexibility index (Phi) is 8.30. The molecule has 0 saturated carbocycles. The molecule has 1 atom stereocenters. The summed E-state index contributed by atoms with van der Waals surface area (Å²) in [6.45, 7) is 11.2. The van der Waals surface area contributed by atoms with E-state index in [4.69, 9.17) is 13.9 Å². The second-order valence-electron chi connectivity index (χ2n) is 7.68. The molecular weight excluding hydrogens is 350 g/mol. The van der Waals surface area contributed by atoms with Crippen molar-refractivity contribution in [2.24, 2.45) is 0 Å². The van der Waals surface area contributed by atoms with Crippen LogP contribution in [-0.4, -0.2) is 40.1 Å². The molecule has 0 aliphatic carbocycles. The van der Waals surface area contributed by atoms with Crippen LogP contribution in [0.25, 0.3) is 0 Å². The second kappa shape index (κ2) is 9.73. The van der Waals surface area contributed by atoms with E-state index in [0.717, 1.165) is 5.56 Å². The largest absolute Gasteiger partial charge is 0.467 e. The maximum absolute atomic E-state index is 12.0. The molecule has 26 heavy (non-hydrogen) atoms. The number of hydrogen-bond acceptors (Lipinski definition) is 5. The highest BCUT2D eigenvalue weighted by atomic mass is 28.4. The van der Waals surface area contributed by atoms with Gasteiger partial charge >= 0.3 is 12.1 Å². The minimum Gasteiger partial charge on any atom is -0.467 e. The third-order valence-corrected chi connectivity index (χ3v) is 9.20. The predicted octanol–water partition coefficient (Wildman–Crippen LogP) is 3.87. The summed E-state index contributed by atoms with van der Waals surface area (Å²) < 4.78 is 16.0. The first-order valence-electron chi connectivity index (χ1n) is 8.76. The fourth-order valence-corrected chi connectivity index (χ4v) is 3.01. The first-order valence-corrected chi connectivity index (χ1v) is 11.7. The number of benzene rings is 1. The van der Waals surface area contributed by atoms with Gasteiger partial charge in [0.15, 0.2) is 8.32 Å². The van der Waals surface area contributed by atoms with E-state index < -0.39 is 26.4 Å². The Bertz CT molecular complexity index is 583. The Hall–Kier alpha value is -1.86. The Balaban J connectivity index is 2.53. The van der Waals surface area contributed by atoms with Gasteiger partial charge in [-0.3, -0.25) is 0 Å². The summed E-state index contributed by atoms with van der Waals surface area (Å²) in [7, 11) is -0.619. The number of nitrogens with one attached hydrogen (secondary N) is 1. The third-order valence-electron chi connectivity index (χ3n) is 4.67. The van der Waals surface area contributed by atoms with E-state index in [0.29, 0.717) is 13.0 Å². The van der Waals surface area contributed by atoms with Crippen LogP contribution in [0.1, 0.15) is 32.8 Å². The van der Waals surface area contributed by atoms with Gasteiger partial charge in [-0.2, -0.15) is 0 Å². The number of esters is 1. The van der Waals surface area contributed by atoms with Crippen molar-refractivity contribution in [3.63, 3.8) is 0 Å². The Morgan fingerprint density at radius 1 is 1.15 bits per heavy atom. The fraction of sp³-hybridized carbons (Fsp3) is 0.579.